The van der Waals surface area contributed by atoms with E-state index in [4.69, 9.17) is 11.6 Å². The van der Waals surface area contributed by atoms with Crippen molar-refractivity contribution in [3.05, 3.63) is 83.9 Å². The van der Waals surface area contributed by atoms with Crippen LogP contribution < -0.4 is 15.5 Å². The average Bonchev–Trinajstić information content (AvgIpc) is 2.72. The molecule has 30 heavy (non-hydrogen) atoms. The van der Waals surface area contributed by atoms with Crippen molar-refractivity contribution in [1.82, 2.24) is 0 Å². The van der Waals surface area contributed by atoms with Crippen molar-refractivity contribution in [3.63, 3.8) is 0 Å². The molecule has 0 saturated heterocycles. The summed E-state index contributed by atoms with van der Waals surface area (Å²) in [7, 11) is 1.80. The predicted molar refractivity (Wildman–Crippen MR) is 122 cm³/mol. The molecule has 3 aromatic carbocycles. The maximum absolute atomic E-state index is 12.5. The highest BCUT2D eigenvalue weighted by Crippen LogP contribution is 2.33. The molecular weight excluding hydrogens is 418 g/mol. The first-order chi connectivity index (χ1) is 14.5. The van der Waals surface area contributed by atoms with E-state index < -0.39 is 0 Å². The number of amides is 2. The van der Waals surface area contributed by atoms with Gasteiger partial charge in [-0.25, -0.2) is 0 Å². The summed E-state index contributed by atoms with van der Waals surface area (Å²) in [6.45, 7) is 0.319. The number of likely N-dealkylation sites (N-methyl/N-ethyl adjacent to an activating group) is 1. The van der Waals surface area contributed by atoms with Crippen LogP contribution in [-0.2, 0) is 9.59 Å². The van der Waals surface area contributed by atoms with Gasteiger partial charge in [0.15, 0.2) is 13.1 Å². The summed E-state index contributed by atoms with van der Waals surface area (Å²) in [5, 5.41) is 6.21. The second-order valence-corrected chi connectivity index (χ2v) is 8.32. The van der Waals surface area contributed by atoms with Gasteiger partial charge in [0, 0.05) is 9.79 Å². The fourth-order valence-corrected chi connectivity index (χ4v) is 3.94. The fourth-order valence-electron chi connectivity index (χ4n) is 2.84. The second-order valence-electron chi connectivity index (χ2n) is 6.80. The van der Waals surface area contributed by atoms with E-state index in [9.17, 15) is 9.59 Å². The van der Waals surface area contributed by atoms with Crippen molar-refractivity contribution >= 4 is 46.6 Å². The van der Waals surface area contributed by atoms with E-state index in [0.717, 1.165) is 20.4 Å². The third-order valence-electron chi connectivity index (χ3n) is 4.20. The predicted octanol–water partition coefficient (Wildman–Crippen LogP) is 3.58. The molecule has 7 heteroatoms. The highest BCUT2D eigenvalue weighted by Gasteiger charge is 2.16. The minimum atomic E-state index is -0.201. The molecule has 0 aliphatic heterocycles. The van der Waals surface area contributed by atoms with Crippen LogP contribution in [0.25, 0.3) is 0 Å². The average molecular weight is 441 g/mol. The van der Waals surface area contributed by atoms with E-state index in [1.54, 1.807) is 43.1 Å². The van der Waals surface area contributed by atoms with Crippen molar-refractivity contribution in [3.8, 4) is 0 Å². The van der Waals surface area contributed by atoms with Gasteiger partial charge in [-0.2, -0.15) is 0 Å². The Kier molecular flexibility index (Phi) is 7.90. The Morgan fingerprint density at radius 3 is 2.00 bits per heavy atom. The Hall–Kier alpha value is -2.80. The summed E-state index contributed by atoms with van der Waals surface area (Å²) in [4.78, 5) is 27.6. The van der Waals surface area contributed by atoms with Gasteiger partial charge in [0.05, 0.1) is 23.4 Å². The van der Waals surface area contributed by atoms with Crippen LogP contribution in [0.1, 0.15) is 0 Å². The highest BCUT2D eigenvalue weighted by molar-refractivity contribution is 7.99. The van der Waals surface area contributed by atoms with E-state index in [0.29, 0.717) is 10.7 Å². The van der Waals surface area contributed by atoms with E-state index >= 15 is 0 Å². The van der Waals surface area contributed by atoms with Crippen molar-refractivity contribution in [2.75, 3.05) is 30.8 Å². The normalized spacial score (nSPS) is 11.5. The molecular formula is C23H23ClN3O2S+. The fraction of sp³-hybridized carbons (Fsp3) is 0.130. The zero-order valence-corrected chi connectivity index (χ0v) is 18.1. The molecule has 0 bridgehead atoms. The molecule has 1 atom stereocenters. The lowest BCUT2D eigenvalue weighted by Crippen LogP contribution is -3.11. The lowest BCUT2D eigenvalue weighted by atomic mass is 10.3. The number of halogens is 1. The zero-order valence-electron chi connectivity index (χ0n) is 16.5. The molecule has 2 amide bonds. The molecule has 0 aromatic heterocycles. The maximum Gasteiger partial charge on any atom is 0.279 e. The Morgan fingerprint density at radius 1 is 0.800 bits per heavy atom. The van der Waals surface area contributed by atoms with Crippen molar-refractivity contribution in [1.29, 1.82) is 0 Å². The van der Waals surface area contributed by atoms with Gasteiger partial charge in [-0.3, -0.25) is 9.59 Å². The lowest BCUT2D eigenvalue weighted by Gasteiger charge is -2.15. The number of quaternary nitrogens is 1. The zero-order chi connectivity index (χ0) is 21.3. The molecule has 0 fully saturated rings. The minimum absolute atomic E-state index is 0.152. The van der Waals surface area contributed by atoms with Crippen LogP contribution >= 0.6 is 23.4 Å². The number of nitrogens with one attached hydrogen (secondary N) is 3. The summed E-state index contributed by atoms with van der Waals surface area (Å²) in [6, 6.07) is 24.7. The van der Waals surface area contributed by atoms with Gasteiger partial charge < -0.3 is 15.5 Å². The van der Waals surface area contributed by atoms with E-state index in [1.807, 2.05) is 54.6 Å². The van der Waals surface area contributed by atoms with Crippen LogP contribution in [-0.4, -0.2) is 32.0 Å². The molecule has 0 aliphatic carbocycles. The first-order valence-electron chi connectivity index (χ1n) is 9.49. The monoisotopic (exact) mass is 440 g/mol. The van der Waals surface area contributed by atoms with Crippen LogP contribution in [0.4, 0.5) is 11.4 Å². The second kappa shape index (κ2) is 10.8. The van der Waals surface area contributed by atoms with Crippen LogP contribution in [0.3, 0.4) is 0 Å². The molecule has 3 N–H and O–H groups in total. The van der Waals surface area contributed by atoms with Gasteiger partial charge in [-0.05, 0) is 36.4 Å². The van der Waals surface area contributed by atoms with Crippen LogP contribution in [0.5, 0.6) is 0 Å². The van der Waals surface area contributed by atoms with E-state index in [-0.39, 0.29) is 24.9 Å². The van der Waals surface area contributed by atoms with Gasteiger partial charge in [0.25, 0.3) is 11.8 Å². The van der Waals surface area contributed by atoms with Crippen LogP contribution in [0.15, 0.2) is 88.7 Å². The summed E-state index contributed by atoms with van der Waals surface area (Å²) < 4.78 is 0. The number of anilines is 2. The number of benzene rings is 3. The Morgan fingerprint density at radius 2 is 1.33 bits per heavy atom. The molecule has 3 aromatic rings. The summed E-state index contributed by atoms with van der Waals surface area (Å²) in [5.74, 6) is -0.354. The molecule has 3 rings (SSSR count). The SMILES string of the molecule is C[NH+](CC(=O)Nc1ccccc1Cl)CC(=O)Nc1ccccc1Sc1ccccc1. The molecule has 0 heterocycles. The maximum atomic E-state index is 12.5. The summed E-state index contributed by atoms with van der Waals surface area (Å²) in [6.07, 6.45) is 0. The molecule has 0 radical (unpaired) electrons. The van der Waals surface area contributed by atoms with Crippen molar-refractivity contribution in [2.24, 2.45) is 0 Å². The first-order valence-corrected chi connectivity index (χ1v) is 10.7. The van der Waals surface area contributed by atoms with Gasteiger partial charge in [0.2, 0.25) is 0 Å². The Balaban J connectivity index is 1.54. The molecule has 0 spiro atoms. The summed E-state index contributed by atoms with van der Waals surface area (Å²) in [5.41, 5.74) is 1.32. The van der Waals surface area contributed by atoms with Gasteiger partial charge >= 0.3 is 0 Å². The number of carbonyl (C=O) groups is 2. The minimum Gasteiger partial charge on any atom is -0.322 e. The van der Waals surface area contributed by atoms with Gasteiger partial charge in [-0.1, -0.05) is 65.8 Å². The van der Waals surface area contributed by atoms with Gasteiger partial charge in [-0.15, -0.1) is 0 Å². The third-order valence-corrected chi connectivity index (χ3v) is 5.62. The largest absolute Gasteiger partial charge is 0.322 e. The standard InChI is InChI=1S/C23H22ClN3O2S/c1-27(15-22(28)25-19-12-6-5-11-18(19)24)16-23(29)26-20-13-7-8-14-21(20)30-17-9-3-2-4-10-17/h2-14H,15-16H2,1H3,(H,25,28)(H,26,29)/p+1. The summed E-state index contributed by atoms with van der Waals surface area (Å²) >= 11 is 7.65. The topological polar surface area (TPSA) is 62.6 Å². The number of rotatable bonds is 8. The van der Waals surface area contributed by atoms with E-state index in [1.165, 1.54) is 0 Å². The number of para-hydroxylation sites is 2. The Bertz CT molecular complexity index is 1010. The molecule has 1 unspecified atom stereocenters. The molecule has 0 saturated carbocycles. The van der Waals surface area contributed by atoms with Gasteiger partial charge in [0.1, 0.15) is 0 Å². The Labute approximate surface area is 185 Å². The number of carbonyl (C=O) groups excluding carboxylic acids is 2. The van der Waals surface area contributed by atoms with Crippen LogP contribution in [0, 0.1) is 0 Å². The lowest BCUT2D eigenvalue weighted by molar-refractivity contribution is -0.862. The number of hydrogen-bond acceptors (Lipinski definition) is 3. The molecule has 5 nitrogen and oxygen atoms in total. The molecule has 154 valence electrons. The molecule has 0 aliphatic rings. The van der Waals surface area contributed by atoms with Crippen molar-refractivity contribution in [2.45, 2.75) is 9.79 Å². The van der Waals surface area contributed by atoms with Crippen LogP contribution in [0.2, 0.25) is 5.02 Å². The quantitative estimate of drug-likeness (QED) is 0.501. The first kappa shape index (κ1) is 21.9. The third kappa shape index (κ3) is 6.62. The smallest absolute Gasteiger partial charge is 0.279 e. The van der Waals surface area contributed by atoms with Crippen molar-refractivity contribution < 1.29 is 14.5 Å². The number of hydrogen-bond donors (Lipinski definition) is 3. The van der Waals surface area contributed by atoms with E-state index in [2.05, 4.69) is 10.6 Å². The highest BCUT2D eigenvalue weighted by atomic mass is 35.5.